The molecule has 0 aromatic carbocycles. The molecule has 0 atom stereocenters. The number of carboxylic acids is 1. The summed E-state index contributed by atoms with van der Waals surface area (Å²) in [6, 6.07) is 1.55. The van der Waals surface area contributed by atoms with Crippen LogP contribution in [0.1, 0.15) is 9.67 Å². The Bertz CT molecular complexity index is 467. The highest BCUT2D eigenvalue weighted by Gasteiger charge is 2.22. The van der Waals surface area contributed by atoms with Crippen molar-refractivity contribution in [3.8, 4) is 0 Å². The molecule has 0 fully saturated rings. The first-order valence-corrected chi connectivity index (χ1v) is 6.95. The van der Waals surface area contributed by atoms with Crippen molar-refractivity contribution in [3.63, 3.8) is 0 Å². The fraction of sp³-hybridized carbons (Fsp3) is 0.222. The molecule has 0 aliphatic heterocycles. The van der Waals surface area contributed by atoms with Gasteiger partial charge in [0.1, 0.15) is 13.1 Å². The number of aliphatic carboxylic acids is 1. The summed E-state index contributed by atoms with van der Waals surface area (Å²) in [6.45, 7) is -1.01. The number of thiophene rings is 1. The van der Waals surface area contributed by atoms with E-state index in [1.165, 1.54) is 0 Å². The Hall–Kier alpha value is -0.930. The lowest BCUT2D eigenvalue weighted by molar-refractivity contribution is -0.138. The van der Waals surface area contributed by atoms with E-state index in [-0.39, 0.29) is 0 Å². The van der Waals surface area contributed by atoms with Gasteiger partial charge in [-0.2, -0.15) is 0 Å². The average molecular weight is 400 g/mol. The minimum Gasteiger partial charge on any atom is -0.480 e. The minimum absolute atomic E-state index is 0.316. The number of primary amides is 1. The smallest absolute Gasteiger partial charge is 0.323 e. The van der Waals surface area contributed by atoms with E-state index in [1.54, 1.807) is 6.07 Å². The topological polar surface area (TPSA) is 101 Å². The molecule has 0 unspecified atom stereocenters. The minimum atomic E-state index is -1.21. The fourth-order valence-electron chi connectivity index (χ4n) is 1.16. The van der Waals surface area contributed by atoms with Crippen LogP contribution in [0.5, 0.6) is 0 Å². The molecule has 3 N–H and O–H groups in total. The molecule has 1 aromatic heterocycles. The standard InChI is InChI=1S/C9H8Br2N2O4S/c10-4-1-5(18-8(4)11)9(17)13(2-6(12)14)3-7(15)16/h1H,2-3H2,(H2,12,14)(H,15,16). The van der Waals surface area contributed by atoms with Crippen LogP contribution in [-0.2, 0) is 9.59 Å². The molecule has 6 nitrogen and oxygen atoms in total. The summed E-state index contributed by atoms with van der Waals surface area (Å²) in [4.78, 5) is 34.7. The molecule has 9 heteroatoms. The highest BCUT2D eigenvalue weighted by Crippen LogP contribution is 2.32. The summed E-state index contributed by atoms with van der Waals surface area (Å²) < 4.78 is 1.39. The lowest BCUT2D eigenvalue weighted by atomic mass is 10.3. The SMILES string of the molecule is NC(=O)CN(CC(=O)O)C(=O)c1cc(Br)c(Br)s1. The third-order valence-corrected chi connectivity index (χ3v) is 5.06. The molecular weight excluding hydrogens is 392 g/mol. The number of hydrogen-bond donors (Lipinski definition) is 2. The van der Waals surface area contributed by atoms with Crippen LogP contribution in [0.15, 0.2) is 14.3 Å². The summed E-state index contributed by atoms with van der Waals surface area (Å²) in [5.74, 6) is -2.52. The van der Waals surface area contributed by atoms with Crippen molar-refractivity contribution in [3.05, 3.63) is 19.2 Å². The summed E-state index contributed by atoms with van der Waals surface area (Å²) in [6.07, 6.45) is 0. The van der Waals surface area contributed by atoms with Gasteiger partial charge in [0.05, 0.1) is 8.66 Å². The molecule has 2 amide bonds. The van der Waals surface area contributed by atoms with Gasteiger partial charge in [-0.25, -0.2) is 0 Å². The predicted octanol–water partition coefficient (Wildman–Crippen LogP) is 1.29. The number of carboxylic acid groups (broad SMARTS) is 1. The molecule has 0 aliphatic carbocycles. The van der Waals surface area contributed by atoms with Crippen LogP contribution >= 0.6 is 43.2 Å². The quantitative estimate of drug-likeness (QED) is 0.778. The number of carbonyl (C=O) groups excluding carboxylic acids is 2. The number of nitrogens with zero attached hydrogens (tertiary/aromatic N) is 1. The van der Waals surface area contributed by atoms with Crippen LogP contribution < -0.4 is 5.73 Å². The van der Waals surface area contributed by atoms with E-state index in [4.69, 9.17) is 10.8 Å². The molecule has 1 aromatic rings. The maximum absolute atomic E-state index is 12.0. The van der Waals surface area contributed by atoms with Crippen molar-refractivity contribution in [2.75, 3.05) is 13.1 Å². The van der Waals surface area contributed by atoms with Crippen LogP contribution in [0.2, 0.25) is 0 Å². The molecule has 0 spiro atoms. The zero-order valence-electron chi connectivity index (χ0n) is 8.85. The number of halogens is 2. The van der Waals surface area contributed by atoms with Gasteiger partial charge in [-0.15, -0.1) is 11.3 Å². The number of rotatable bonds is 5. The third-order valence-electron chi connectivity index (χ3n) is 1.82. The van der Waals surface area contributed by atoms with Gasteiger partial charge in [0, 0.05) is 4.47 Å². The maximum atomic E-state index is 12.0. The van der Waals surface area contributed by atoms with Crippen molar-refractivity contribution in [1.29, 1.82) is 0 Å². The van der Waals surface area contributed by atoms with Gasteiger partial charge in [-0.3, -0.25) is 14.4 Å². The number of nitrogens with two attached hydrogens (primary N) is 1. The molecule has 1 heterocycles. The Morgan fingerprint density at radius 1 is 1.33 bits per heavy atom. The van der Waals surface area contributed by atoms with E-state index in [0.717, 1.165) is 16.2 Å². The summed E-state index contributed by atoms with van der Waals surface area (Å²) in [5.41, 5.74) is 4.98. The van der Waals surface area contributed by atoms with Gasteiger partial charge in [0.15, 0.2) is 0 Å². The normalized spacial score (nSPS) is 10.1. The highest BCUT2D eigenvalue weighted by molar-refractivity contribution is 9.13. The summed E-state index contributed by atoms with van der Waals surface area (Å²) in [5, 5.41) is 8.69. The molecule has 98 valence electrons. The second kappa shape index (κ2) is 6.30. The van der Waals surface area contributed by atoms with Gasteiger partial charge >= 0.3 is 5.97 Å². The van der Waals surface area contributed by atoms with Gasteiger partial charge in [0.2, 0.25) is 5.91 Å². The molecule has 1 rings (SSSR count). The van der Waals surface area contributed by atoms with E-state index in [0.29, 0.717) is 13.1 Å². The Balaban J connectivity index is 2.94. The molecule has 0 bridgehead atoms. The lowest BCUT2D eigenvalue weighted by Gasteiger charge is -2.17. The Morgan fingerprint density at radius 3 is 2.33 bits per heavy atom. The van der Waals surface area contributed by atoms with E-state index in [1.807, 2.05) is 0 Å². The number of carbonyl (C=O) groups is 3. The molecule has 0 saturated carbocycles. The van der Waals surface area contributed by atoms with Crippen molar-refractivity contribution in [2.24, 2.45) is 5.73 Å². The average Bonchev–Trinajstić information content (AvgIpc) is 2.56. The Kier molecular flexibility index (Phi) is 5.29. The summed E-state index contributed by atoms with van der Waals surface area (Å²) >= 11 is 7.59. The molecule has 0 radical (unpaired) electrons. The second-order valence-electron chi connectivity index (χ2n) is 3.25. The number of hydrogen-bond acceptors (Lipinski definition) is 4. The van der Waals surface area contributed by atoms with Crippen LogP contribution in [0.25, 0.3) is 0 Å². The van der Waals surface area contributed by atoms with Crippen LogP contribution in [-0.4, -0.2) is 40.9 Å². The molecule has 18 heavy (non-hydrogen) atoms. The molecule has 0 saturated heterocycles. The van der Waals surface area contributed by atoms with Gasteiger partial charge in [0.25, 0.3) is 5.91 Å². The largest absolute Gasteiger partial charge is 0.480 e. The first-order chi connectivity index (χ1) is 8.31. The van der Waals surface area contributed by atoms with Gasteiger partial charge < -0.3 is 15.7 Å². The van der Waals surface area contributed by atoms with Crippen molar-refractivity contribution < 1.29 is 19.5 Å². The maximum Gasteiger partial charge on any atom is 0.323 e. The highest BCUT2D eigenvalue weighted by atomic mass is 79.9. The Morgan fingerprint density at radius 2 is 1.94 bits per heavy atom. The number of amides is 2. The van der Waals surface area contributed by atoms with Crippen LogP contribution in [0.4, 0.5) is 0 Å². The first-order valence-electron chi connectivity index (χ1n) is 4.55. The second-order valence-corrected chi connectivity index (χ2v) is 6.48. The summed E-state index contributed by atoms with van der Waals surface area (Å²) in [7, 11) is 0. The van der Waals surface area contributed by atoms with E-state index >= 15 is 0 Å². The van der Waals surface area contributed by atoms with Crippen molar-refractivity contribution >= 4 is 61.0 Å². The lowest BCUT2D eigenvalue weighted by Crippen LogP contribution is -2.41. The van der Waals surface area contributed by atoms with Crippen LogP contribution in [0.3, 0.4) is 0 Å². The van der Waals surface area contributed by atoms with E-state index in [9.17, 15) is 14.4 Å². The zero-order valence-corrected chi connectivity index (χ0v) is 12.8. The van der Waals surface area contributed by atoms with E-state index < -0.39 is 30.9 Å². The van der Waals surface area contributed by atoms with Crippen molar-refractivity contribution in [2.45, 2.75) is 0 Å². The van der Waals surface area contributed by atoms with Crippen LogP contribution in [0, 0.1) is 0 Å². The van der Waals surface area contributed by atoms with Gasteiger partial charge in [-0.1, -0.05) is 0 Å². The Labute approximate surface area is 123 Å². The van der Waals surface area contributed by atoms with E-state index in [2.05, 4.69) is 31.9 Å². The first kappa shape index (κ1) is 15.1. The fourth-order valence-corrected chi connectivity index (χ4v) is 3.16. The zero-order chi connectivity index (χ0) is 13.9. The monoisotopic (exact) mass is 398 g/mol. The molecular formula is C9H8Br2N2O4S. The third kappa shape index (κ3) is 4.07. The molecule has 0 aliphatic rings. The van der Waals surface area contributed by atoms with Crippen molar-refractivity contribution in [1.82, 2.24) is 4.90 Å². The van der Waals surface area contributed by atoms with Gasteiger partial charge in [-0.05, 0) is 37.9 Å². The predicted molar refractivity (Wildman–Crippen MR) is 72.5 cm³/mol.